The first-order chi connectivity index (χ1) is 13.7. The van der Waals surface area contributed by atoms with Crippen molar-refractivity contribution in [1.29, 1.82) is 0 Å². The van der Waals surface area contributed by atoms with Crippen molar-refractivity contribution in [3.8, 4) is 5.75 Å². The van der Waals surface area contributed by atoms with Gasteiger partial charge in [-0.2, -0.15) is 0 Å². The summed E-state index contributed by atoms with van der Waals surface area (Å²) in [5.74, 6) is 2.62. The van der Waals surface area contributed by atoms with Gasteiger partial charge in [0, 0.05) is 19.0 Å². The summed E-state index contributed by atoms with van der Waals surface area (Å²) >= 11 is 1.43. The molecule has 1 aromatic heterocycles. The van der Waals surface area contributed by atoms with Crippen LogP contribution in [0.2, 0.25) is 0 Å². The van der Waals surface area contributed by atoms with E-state index in [0.717, 1.165) is 22.3 Å². The third-order valence-corrected chi connectivity index (χ3v) is 5.98. The minimum absolute atomic E-state index is 0.0202. The number of thioether (sulfide) groups is 1. The lowest BCUT2D eigenvalue weighted by molar-refractivity contribution is -0.118. The number of nitrogens with one attached hydrogen (secondary N) is 1. The highest BCUT2D eigenvalue weighted by Gasteiger charge is 2.23. The van der Waals surface area contributed by atoms with Gasteiger partial charge >= 0.3 is 0 Å². The average Bonchev–Trinajstić information content (AvgIpc) is 3.14. The fraction of sp³-hybridized carbons (Fsp3) is 0.476. The summed E-state index contributed by atoms with van der Waals surface area (Å²) in [6, 6.07) is 7.68. The zero-order chi connectivity index (χ0) is 19.8. The van der Waals surface area contributed by atoms with E-state index >= 15 is 0 Å². The molecule has 0 saturated heterocycles. The van der Waals surface area contributed by atoms with Gasteiger partial charge in [-0.05, 0) is 30.5 Å². The molecule has 1 amide bonds. The molecule has 6 nitrogen and oxygen atoms in total. The maximum Gasteiger partial charge on any atom is 0.230 e. The Balaban J connectivity index is 1.54. The van der Waals surface area contributed by atoms with Gasteiger partial charge in [0.05, 0.1) is 12.9 Å². The molecule has 1 aliphatic rings. The van der Waals surface area contributed by atoms with Gasteiger partial charge in [0.2, 0.25) is 5.91 Å². The van der Waals surface area contributed by atoms with Gasteiger partial charge in [-0.1, -0.05) is 49.2 Å². The van der Waals surface area contributed by atoms with E-state index in [1.165, 1.54) is 43.9 Å². The van der Waals surface area contributed by atoms with Crippen LogP contribution in [0, 0.1) is 0 Å². The fourth-order valence-electron chi connectivity index (χ4n) is 3.50. The number of amides is 1. The number of hydrogen-bond donors (Lipinski definition) is 1. The Morgan fingerprint density at radius 2 is 2.04 bits per heavy atom. The molecule has 2 aromatic rings. The highest BCUT2D eigenvalue weighted by molar-refractivity contribution is 7.99. The molecule has 1 heterocycles. The summed E-state index contributed by atoms with van der Waals surface area (Å²) in [7, 11) is 1.64. The van der Waals surface area contributed by atoms with Crippen molar-refractivity contribution in [2.24, 2.45) is 0 Å². The van der Waals surface area contributed by atoms with Crippen LogP contribution < -0.4 is 10.1 Å². The molecule has 28 heavy (non-hydrogen) atoms. The Morgan fingerprint density at radius 1 is 1.29 bits per heavy atom. The van der Waals surface area contributed by atoms with Gasteiger partial charge in [0.1, 0.15) is 11.6 Å². The van der Waals surface area contributed by atoms with Crippen LogP contribution in [0.3, 0.4) is 0 Å². The number of allylic oxidation sites excluding steroid dienone is 1. The zero-order valence-electron chi connectivity index (χ0n) is 16.4. The molecule has 1 aromatic carbocycles. The Kier molecular flexibility index (Phi) is 7.54. The molecule has 1 N–H and O–H groups in total. The molecule has 0 radical (unpaired) electrons. The monoisotopic (exact) mass is 400 g/mol. The lowest BCUT2D eigenvalue weighted by Gasteiger charge is -2.21. The Morgan fingerprint density at radius 3 is 2.71 bits per heavy atom. The van der Waals surface area contributed by atoms with Crippen LogP contribution in [0.5, 0.6) is 5.75 Å². The molecule has 0 unspecified atom stereocenters. The lowest BCUT2D eigenvalue weighted by Crippen LogP contribution is -2.24. The molecule has 7 heteroatoms. The Hall–Kier alpha value is -2.28. The van der Waals surface area contributed by atoms with E-state index in [4.69, 9.17) is 4.74 Å². The van der Waals surface area contributed by atoms with E-state index in [9.17, 15) is 4.79 Å². The van der Waals surface area contributed by atoms with Gasteiger partial charge in [-0.25, -0.2) is 0 Å². The molecule has 0 bridgehead atoms. The van der Waals surface area contributed by atoms with Gasteiger partial charge in [-0.3, -0.25) is 4.79 Å². The fourth-order valence-corrected chi connectivity index (χ4v) is 4.28. The van der Waals surface area contributed by atoms with Crippen molar-refractivity contribution >= 4 is 17.7 Å². The number of benzene rings is 1. The number of nitrogens with zero attached hydrogens (tertiary/aromatic N) is 3. The first-order valence-corrected chi connectivity index (χ1v) is 10.8. The van der Waals surface area contributed by atoms with Crippen LogP contribution in [0.1, 0.15) is 49.4 Å². The largest absolute Gasteiger partial charge is 0.497 e. The van der Waals surface area contributed by atoms with E-state index in [2.05, 4.69) is 26.7 Å². The number of aromatic nitrogens is 3. The highest BCUT2D eigenvalue weighted by Crippen LogP contribution is 2.33. The quantitative estimate of drug-likeness (QED) is 0.510. The smallest absolute Gasteiger partial charge is 0.230 e. The number of ether oxygens (including phenoxy) is 1. The van der Waals surface area contributed by atoms with Crippen molar-refractivity contribution in [1.82, 2.24) is 20.1 Å². The van der Waals surface area contributed by atoms with Crippen LogP contribution in [0.25, 0.3) is 0 Å². The molecule has 1 fully saturated rings. The van der Waals surface area contributed by atoms with Gasteiger partial charge in [-0.15, -0.1) is 16.8 Å². The molecule has 0 atom stereocenters. The lowest BCUT2D eigenvalue weighted by atomic mass is 9.89. The summed E-state index contributed by atoms with van der Waals surface area (Å²) in [6.45, 7) is 5.03. The summed E-state index contributed by atoms with van der Waals surface area (Å²) in [4.78, 5) is 12.3. The predicted molar refractivity (Wildman–Crippen MR) is 112 cm³/mol. The Bertz CT molecular complexity index is 782. The standard InChI is InChI=1S/C21H28N4O2S/c1-3-13-25-20(17-7-5-4-6-8-17)23-24-21(25)28-15-19(26)22-14-16-9-11-18(27-2)12-10-16/h3,9-12,17H,1,4-8,13-15H2,2H3,(H,22,26). The Labute approximate surface area is 170 Å². The second kappa shape index (κ2) is 10.3. The van der Waals surface area contributed by atoms with Crippen LogP contribution in [-0.2, 0) is 17.9 Å². The molecule has 0 aliphatic heterocycles. The van der Waals surface area contributed by atoms with E-state index < -0.39 is 0 Å². The van der Waals surface area contributed by atoms with Crippen molar-refractivity contribution in [2.75, 3.05) is 12.9 Å². The third-order valence-electron chi connectivity index (χ3n) is 5.01. The van der Waals surface area contributed by atoms with Crippen molar-refractivity contribution in [2.45, 2.75) is 56.3 Å². The topological polar surface area (TPSA) is 69.0 Å². The summed E-state index contributed by atoms with van der Waals surface area (Å²) < 4.78 is 7.26. The molecular weight excluding hydrogens is 372 g/mol. The van der Waals surface area contributed by atoms with E-state index in [0.29, 0.717) is 24.8 Å². The van der Waals surface area contributed by atoms with Crippen LogP contribution in [-0.4, -0.2) is 33.5 Å². The van der Waals surface area contributed by atoms with Crippen LogP contribution in [0.15, 0.2) is 42.1 Å². The first-order valence-electron chi connectivity index (χ1n) is 9.77. The summed E-state index contributed by atoms with van der Waals surface area (Å²) in [6.07, 6.45) is 8.01. The maximum absolute atomic E-state index is 12.3. The summed E-state index contributed by atoms with van der Waals surface area (Å²) in [5, 5.41) is 12.5. The second-order valence-electron chi connectivity index (χ2n) is 6.99. The third kappa shape index (κ3) is 5.38. The molecular formula is C21H28N4O2S. The molecule has 1 aliphatic carbocycles. The van der Waals surface area contributed by atoms with Crippen molar-refractivity contribution < 1.29 is 9.53 Å². The molecule has 1 saturated carbocycles. The SMILES string of the molecule is C=CCn1c(SCC(=O)NCc2ccc(OC)cc2)nnc1C1CCCCC1. The van der Waals surface area contributed by atoms with Crippen LogP contribution >= 0.6 is 11.8 Å². The van der Waals surface area contributed by atoms with E-state index in [-0.39, 0.29) is 5.91 Å². The minimum Gasteiger partial charge on any atom is -0.497 e. The normalized spacial score (nSPS) is 14.6. The first kappa shape index (κ1) is 20.5. The minimum atomic E-state index is -0.0202. The van der Waals surface area contributed by atoms with Crippen molar-refractivity contribution in [3.05, 3.63) is 48.3 Å². The highest BCUT2D eigenvalue weighted by atomic mass is 32.2. The number of carbonyl (C=O) groups is 1. The van der Waals surface area contributed by atoms with Gasteiger partial charge < -0.3 is 14.6 Å². The maximum atomic E-state index is 12.3. The second-order valence-corrected chi connectivity index (χ2v) is 7.93. The van der Waals surface area contributed by atoms with Crippen molar-refractivity contribution in [3.63, 3.8) is 0 Å². The van der Waals surface area contributed by atoms with Gasteiger partial charge in [0.15, 0.2) is 5.16 Å². The van der Waals surface area contributed by atoms with E-state index in [1.54, 1.807) is 7.11 Å². The van der Waals surface area contributed by atoms with E-state index in [1.807, 2.05) is 30.3 Å². The van der Waals surface area contributed by atoms with Crippen LogP contribution in [0.4, 0.5) is 0 Å². The van der Waals surface area contributed by atoms with Gasteiger partial charge in [0.25, 0.3) is 0 Å². The molecule has 0 spiro atoms. The molecule has 150 valence electrons. The average molecular weight is 401 g/mol. The number of rotatable bonds is 9. The molecule has 3 rings (SSSR count). The summed E-state index contributed by atoms with van der Waals surface area (Å²) in [5.41, 5.74) is 1.04. The number of hydrogen-bond acceptors (Lipinski definition) is 5. The number of carbonyl (C=O) groups excluding carboxylic acids is 1. The zero-order valence-corrected chi connectivity index (χ0v) is 17.2. The number of methoxy groups -OCH3 is 1. The predicted octanol–water partition coefficient (Wildman–Crippen LogP) is 3.93.